The number of carbonyl (C=O) groups is 4. The molecule has 0 amide bonds. The topological polar surface area (TPSA) is 140 Å². The van der Waals surface area contributed by atoms with Gasteiger partial charge in [0.05, 0.1) is 11.8 Å². The first-order chi connectivity index (χ1) is 18.1. The largest absolute Gasteiger partial charge is 0.509 e. The lowest BCUT2D eigenvalue weighted by atomic mass is 10.1. The Kier molecular flexibility index (Phi) is 13.4. The van der Waals surface area contributed by atoms with Crippen LogP contribution in [-0.2, 0) is 35.0 Å². The van der Waals surface area contributed by atoms with Gasteiger partial charge >= 0.3 is 24.1 Å². The van der Waals surface area contributed by atoms with Crippen LogP contribution in [0.5, 0.6) is 11.5 Å². The predicted molar refractivity (Wildman–Crippen MR) is 145 cm³/mol. The van der Waals surface area contributed by atoms with Crippen molar-refractivity contribution >= 4 is 24.1 Å². The Morgan fingerprint density at radius 2 is 1.31 bits per heavy atom. The summed E-state index contributed by atoms with van der Waals surface area (Å²) in [7, 11) is 0. The van der Waals surface area contributed by atoms with Crippen LogP contribution in [0.15, 0.2) is 18.2 Å². The molecule has 0 aliphatic carbocycles. The standard InChI is InChI=1S/C29H45NO9/c1-10-17(4)25(31)37-23-14-13-21(16-24(23)38-26(32)18(5)11-2)15-22(30)27(33)35-19(6)20(7)36-28(34)39-29(8,9)12-3/h13-14,16-20,22H,10-12,15,30H2,1-9H3/t17?,18?,19-,20?,22-/m0/s1. The fourth-order valence-corrected chi connectivity index (χ4v) is 2.87. The molecule has 0 spiro atoms. The van der Waals surface area contributed by atoms with Crippen molar-refractivity contribution in [3.05, 3.63) is 23.8 Å². The summed E-state index contributed by atoms with van der Waals surface area (Å²) in [6.07, 6.45) is -0.573. The molecule has 39 heavy (non-hydrogen) atoms. The Bertz CT molecular complexity index is 991. The number of nitrogens with two attached hydrogens (primary N) is 1. The molecule has 1 rings (SSSR count). The molecule has 10 nitrogen and oxygen atoms in total. The minimum atomic E-state index is -1.06. The maximum absolute atomic E-state index is 12.7. The lowest BCUT2D eigenvalue weighted by molar-refractivity contribution is -0.156. The van der Waals surface area contributed by atoms with E-state index in [-0.39, 0.29) is 29.8 Å². The number of carbonyl (C=O) groups excluding carboxylic acids is 4. The van der Waals surface area contributed by atoms with Crippen molar-refractivity contribution in [3.63, 3.8) is 0 Å². The highest BCUT2D eigenvalue weighted by atomic mass is 16.7. The van der Waals surface area contributed by atoms with E-state index in [1.165, 1.54) is 12.1 Å². The van der Waals surface area contributed by atoms with Gasteiger partial charge in [0.15, 0.2) is 11.5 Å². The zero-order valence-corrected chi connectivity index (χ0v) is 24.7. The van der Waals surface area contributed by atoms with E-state index in [1.54, 1.807) is 47.6 Å². The first-order valence-electron chi connectivity index (χ1n) is 13.6. The van der Waals surface area contributed by atoms with Crippen molar-refractivity contribution in [2.75, 3.05) is 0 Å². The van der Waals surface area contributed by atoms with Crippen LogP contribution in [0.2, 0.25) is 0 Å². The fraction of sp³-hybridized carbons (Fsp3) is 0.655. The van der Waals surface area contributed by atoms with Crippen molar-refractivity contribution in [2.45, 2.75) is 112 Å². The molecular weight excluding hydrogens is 506 g/mol. The first-order valence-corrected chi connectivity index (χ1v) is 13.6. The Morgan fingerprint density at radius 1 is 0.795 bits per heavy atom. The summed E-state index contributed by atoms with van der Waals surface area (Å²) in [6, 6.07) is 3.60. The van der Waals surface area contributed by atoms with E-state index >= 15 is 0 Å². The highest BCUT2D eigenvalue weighted by Gasteiger charge is 2.28. The van der Waals surface area contributed by atoms with Crippen LogP contribution in [-0.4, -0.2) is 47.9 Å². The zero-order valence-electron chi connectivity index (χ0n) is 24.7. The molecule has 10 heteroatoms. The van der Waals surface area contributed by atoms with Gasteiger partial charge in [-0.25, -0.2) is 4.79 Å². The van der Waals surface area contributed by atoms with E-state index in [0.717, 1.165) is 0 Å². The summed E-state index contributed by atoms with van der Waals surface area (Å²) in [5.74, 6) is -2.14. The quantitative estimate of drug-likeness (QED) is 0.245. The molecule has 1 aromatic carbocycles. The van der Waals surface area contributed by atoms with Crippen molar-refractivity contribution in [1.29, 1.82) is 0 Å². The van der Waals surface area contributed by atoms with E-state index in [1.807, 2.05) is 20.8 Å². The molecule has 1 aromatic rings. The van der Waals surface area contributed by atoms with Crippen LogP contribution < -0.4 is 15.2 Å². The average Bonchev–Trinajstić information content (AvgIpc) is 2.88. The van der Waals surface area contributed by atoms with Crippen molar-refractivity contribution < 1.29 is 42.9 Å². The highest BCUT2D eigenvalue weighted by Crippen LogP contribution is 2.31. The molecule has 0 bridgehead atoms. The van der Waals surface area contributed by atoms with Crippen LogP contribution >= 0.6 is 0 Å². The molecule has 0 aliphatic heterocycles. The van der Waals surface area contributed by atoms with E-state index in [9.17, 15) is 19.2 Å². The lowest BCUT2D eigenvalue weighted by Crippen LogP contribution is -2.40. The third-order valence-electron chi connectivity index (χ3n) is 6.67. The van der Waals surface area contributed by atoms with E-state index in [0.29, 0.717) is 24.8 Å². The van der Waals surface area contributed by atoms with Crippen LogP contribution in [0.1, 0.15) is 87.1 Å². The van der Waals surface area contributed by atoms with Gasteiger partial charge in [-0.1, -0.05) is 40.7 Å². The first kappa shape index (κ1) is 33.9. The molecule has 0 fully saturated rings. The maximum Gasteiger partial charge on any atom is 0.509 e. The van der Waals surface area contributed by atoms with Gasteiger partial charge in [0.2, 0.25) is 0 Å². The number of benzene rings is 1. The minimum absolute atomic E-state index is 0.0565. The molecule has 0 saturated carbocycles. The Morgan fingerprint density at radius 3 is 1.82 bits per heavy atom. The van der Waals surface area contributed by atoms with Gasteiger partial charge in [-0.2, -0.15) is 0 Å². The summed E-state index contributed by atoms with van der Waals surface area (Å²) >= 11 is 0. The third-order valence-corrected chi connectivity index (χ3v) is 6.67. The van der Waals surface area contributed by atoms with Gasteiger partial charge < -0.3 is 29.4 Å². The fourth-order valence-electron chi connectivity index (χ4n) is 2.87. The summed E-state index contributed by atoms with van der Waals surface area (Å²) in [6.45, 7) is 15.8. The van der Waals surface area contributed by atoms with E-state index in [2.05, 4.69) is 0 Å². The number of hydrogen-bond acceptors (Lipinski definition) is 10. The zero-order chi connectivity index (χ0) is 29.9. The highest BCUT2D eigenvalue weighted by molar-refractivity contribution is 5.79. The summed E-state index contributed by atoms with van der Waals surface area (Å²) in [4.78, 5) is 49.5. The third kappa shape index (κ3) is 11.2. The molecule has 0 heterocycles. The van der Waals surface area contributed by atoms with E-state index < -0.39 is 47.9 Å². The van der Waals surface area contributed by atoms with Gasteiger partial charge in [-0.15, -0.1) is 0 Å². The maximum atomic E-state index is 12.7. The minimum Gasteiger partial charge on any atom is -0.458 e. The summed E-state index contributed by atoms with van der Waals surface area (Å²) in [5, 5.41) is 0. The molecule has 5 atom stereocenters. The van der Waals surface area contributed by atoms with Crippen LogP contribution in [0.25, 0.3) is 0 Å². The van der Waals surface area contributed by atoms with Gasteiger partial charge in [0, 0.05) is 0 Å². The Hall–Kier alpha value is -3.14. The molecule has 0 saturated heterocycles. The summed E-state index contributed by atoms with van der Waals surface area (Å²) in [5.41, 5.74) is 5.99. The van der Waals surface area contributed by atoms with Crippen molar-refractivity contribution in [3.8, 4) is 11.5 Å². The number of hydrogen-bond donors (Lipinski definition) is 1. The lowest BCUT2D eigenvalue weighted by Gasteiger charge is -2.26. The van der Waals surface area contributed by atoms with Crippen LogP contribution in [0.3, 0.4) is 0 Å². The molecular formula is C29H45NO9. The summed E-state index contributed by atoms with van der Waals surface area (Å²) < 4.78 is 26.9. The van der Waals surface area contributed by atoms with Gasteiger partial charge in [0.1, 0.15) is 23.9 Å². The van der Waals surface area contributed by atoms with Gasteiger partial charge in [-0.3, -0.25) is 14.4 Å². The average molecular weight is 552 g/mol. The molecule has 0 aromatic heterocycles. The Labute approximate surface area is 231 Å². The van der Waals surface area contributed by atoms with Gasteiger partial charge in [-0.05, 0) is 71.1 Å². The second-order valence-corrected chi connectivity index (χ2v) is 10.5. The molecule has 2 N–H and O–H groups in total. The number of rotatable bonds is 14. The van der Waals surface area contributed by atoms with Crippen molar-refractivity contribution in [1.82, 2.24) is 0 Å². The van der Waals surface area contributed by atoms with Crippen LogP contribution in [0, 0.1) is 11.8 Å². The van der Waals surface area contributed by atoms with Crippen molar-refractivity contribution in [2.24, 2.45) is 17.6 Å². The Balaban J connectivity index is 2.93. The molecule has 3 unspecified atom stereocenters. The second kappa shape index (κ2) is 15.5. The van der Waals surface area contributed by atoms with Crippen LogP contribution in [0.4, 0.5) is 4.79 Å². The molecule has 0 aliphatic rings. The second-order valence-electron chi connectivity index (χ2n) is 10.5. The van der Waals surface area contributed by atoms with Gasteiger partial charge in [0.25, 0.3) is 0 Å². The molecule has 220 valence electrons. The normalized spacial score (nSPS) is 15.2. The SMILES string of the molecule is CCC(C)C(=O)Oc1ccc(C[C@H](N)C(=O)O[C@@H](C)C(C)OC(=O)OC(C)(C)CC)cc1OC(=O)C(C)CC. The number of esters is 3. The number of ether oxygens (including phenoxy) is 5. The molecule has 0 radical (unpaired) electrons. The predicted octanol–water partition coefficient (Wildman–Crippen LogP) is 5.12. The monoisotopic (exact) mass is 551 g/mol. The smallest absolute Gasteiger partial charge is 0.458 e. The van der Waals surface area contributed by atoms with E-state index in [4.69, 9.17) is 29.4 Å².